The zero-order chi connectivity index (χ0) is 10.8. The third-order valence-electron chi connectivity index (χ3n) is 2.25. The highest BCUT2D eigenvalue weighted by Gasteiger charge is 2.14. The molecule has 0 bridgehead atoms. The summed E-state index contributed by atoms with van der Waals surface area (Å²) in [6.07, 6.45) is 3.65. The van der Waals surface area contributed by atoms with Crippen LogP contribution in [0.4, 0.5) is 0 Å². The van der Waals surface area contributed by atoms with Crippen LogP contribution in [0.5, 0.6) is 0 Å². The van der Waals surface area contributed by atoms with E-state index in [1.165, 1.54) is 0 Å². The lowest BCUT2D eigenvalue weighted by Gasteiger charge is -2.09. The number of nitrogens with zero attached hydrogens (tertiary/aromatic N) is 2. The number of benzene rings is 1. The maximum absolute atomic E-state index is 6.33. The molecule has 2 aromatic rings. The van der Waals surface area contributed by atoms with Gasteiger partial charge in [0.05, 0.1) is 0 Å². The molecule has 0 amide bonds. The first-order chi connectivity index (χ1) is 7.18. The van der Waals surface area contributed by atoms with E-state index in [9.17, 15) is 0 Å². The topological polar surface area (TPSA) is 17.8 Å². The van der Waals surface area contributed by atoms with Gasteiger partial charge in [-0.1, -0.05) is 28.1 Å². The molecular weight excluding hydrogens is 275 g/mol. The van der Waals surface area contributed by atoms with Gasteiger partial charge in [0.2, 0.25) is 0 Å². The Labute approximate surface area is 102 Å². The summed E-state index contributed by atoms with van der Waals surface area (Å²) in [7, 11) is 1.94. The first-order valence-electron chi connectivity index (χ1n) is 4.55. The largest absolute Gasteiger partial charge is 0.336 e. The highest BCUT2D eigenvalue weighted by molar-refractivity contribution is 9.10. The van der Waals surface area contributed by atoms with Crippen LogP contribution in [0.3, 0.4) is 0 Å². The standard InChI is InChI=1S/C11H10BrClN2/c1-15-7-6-14-11(15)10(13)8-2-4-9(12)5-3-8/h2-7,10H,1H3/t10-/m1/s1. The minimum atomic E-state index is -0.196. The van der Waals surface area contributed by atoms with Crippen molar-refractivity contribution in [2.24, 2.45) is 7.05 Å². The SMILES string of the molecule is Cn1ccnc1[C@H](Cl)c1ccc(Br)cc1. The molecular formula is C11H10BrClN2. The van der Waals surface area contributed by atoms with Gasteiger partial charge in [-0.3, -0.25) is 0 Å². The summed E-state index contributed by atoms with van der Waals surface area (Å²) in [5.74, 6) is 0.860. The highest BCUT2D eigenvalue weighted by atomic mass is 79.9. The number of alkyl halides is 1. The molecule has 78 valence electrons. The van der Waals surface area contributed by atoms with E-state index in [0.29, 0.717) is 0 Å². The number of hydrogen-bond donors (Lipinski definition) is 0. The highest BCUT2D eigenvalue weighted by Crippen LogP contribution is 2.27. The summed E-state index contributed by atoms with van der Waals surface area (Å²) in [6.45, 7) is 0. The van der Waals surface area contributed by atoms with Gasteiger partial charge in [0.25, 0.3) is 0 Å². The van der Waals surface area contributed by atoms with Crippen molar-refractivity contribution in [2.75, 3.05) is 0 Å². The Bertz CT molecular complexity index is 450. The van der Waals surface area contributed by atoms with E-state index in [0.717, 1.165) is 15.9 Å². The Morgan fingerprint density at radius 1 is 1.33 bits per heavy atom. The fraction of sp³-hybridized carbons (Fsp3) is 0.182. The summed E-state index contributed by atoms with van der Waals surface area (Å²) in [6, 6.07) is 7.95. The second-order valence-electron chi connectivity index (χ2n) is 3.31. The van der Waals surface area contributed by atoms with Gasteiger partial charge in [0.15, 0.2) is 0 Å². The third kappa shape index (κ3) is 2.24. The summed E-state index contributed by atoms with van der Waals surface area (Å²) in [4.78, 5) is 4.23. The molecule has 0 aliphatic heterocycles. The summed E-state index contributed by atoms with van der Waals surface area (Å²) in [5, 5.41) is -0.196. The van der Waals surface area contributed by atoms with E-state index in [1.54, 1.807) is 6.20 Å². The molecule has 0 spiro atoms. The molecule has 0 saturated carbocycles. The number of hydrogen-bond acceptors (Lipinski definition) is 1. The van der Waals surface area contributed by atoms with Crippen LogP contribution in [-0.4, -0.2) is 9.55 Å². The van der Waals surface area contributed by atoms with Crippen molar-refractivity contribution in [3.8, 4) is 0 Å². The van der Waals surface area contributed by atoms with Gasteiger partial charge in [-0.15, -0.1) is 11.6 Å². The van der Waals surface area contributed by atoms with Gasteiger partial charge in [0, 0.05) is 23.9 Å². The van der Waals surface area contributed by atoms with Crippen LogP contribution in [0.2, 0.25) is 0 Å². The molecule has 2 nitrogen and oxygen atoms in total. The Kier molecular flexibility index (Phi) is 3.12. The van der Waals surface area contributed by atoms with Crippen molar-refractivity contribution in [1.29, 1.82) is 0 Å². The minimum absolute atomic E-state index is 0.196. The second kappa shape index (κ2) is 4.37. The van der Waals surface area contributed by atoms with Crippen molar-refractivity contribution in [3.05, 3.63) is 52.5 Å². The quantitative estimate of drug-likeness (QED) is 0.772. The van der Waals surface area contributed by atoms with Crippen LogP contribution in [0.1, 0.15) is 16.8 Å². The van der Waals surface area contributed by atoms with E-state index >= 15 is 0 Å². The maximum Gasteiger partial charge on any atom is 0.131 e. The summed E-state index contributed by atoms with van der Waals surface area (Å²) >= 11 is 9.73. The van der Waals surface area contributed by atoms with Crippen molar-refractivity contribution >= 4 is 27.5 Å². The van der Waals surface area contributed by atoms with Crippen LogP contribution >= 0.6 is 27.5 Å². The number of halogens is 2. The molecule has 2 rings (SSSR count). The van der Waals surface area contributed by atoms with E-state index in [-0.39, 0.29) is 5.38 Å². The van der Waals surface area contributed by atoms with Crippen LogP contribution in [-0.2, 0) is 7.05 Å². The van der Waals surface area contributed by atoms with Crippen molar-refractivity contribution in [3.63, 3.8) is 0 Å². The van der Waals surface area contributed by atoms with Crippen molar-refractivity contribution < 1.29 is 0 Å². The number of aryl methyl sites for hydroxylation is 1. The predicted molar refractivity (Wildman–Crippen MR) is 65.0 cm³/mol. The maximum atomic E-state index is 6.33. The first-order valence-corrected chi connectivity index (χ1v) is 5.78. The molecule has 15 heavy (non-hydrogen) atoms. The monoisotopic (exact) mass is 284 g/mol. The van der Waals surface area contributed by atoms with Crippen molar-refractivity contribution in [1.82, 2.24) is 9.55 Å². The van der Waals surface area contributed by atoms with Gasteiger partial charge in [-0.25, -0.2) is 4.98 Å². The molecule has 0 fully saturated rings. The van der Waals surface area contributed by atoms with Crippen LogP contribution < -0.4 is 0 Å². The molecule has 0 radical (unpaired) electrons. The van der Waals surface area contributed by atoms with E-state index in [2.05, 4.69) is 20.9 Å². The fourth-order valence-corrected chi connectivity index (χ4v) is 2.02. The van der Waals surface area contributed by atoms with E-state index in [4.69, 9.17) is 11.6 Å². The Hall–Kier alpha value is -0.800. The average molecular weight is 286 g/mol. The second-order valence-corrected chi connectivity index (χ2v) is 4.66. The third-order valence-corrected chi connectivity index (χ3v) is 3.22. The molecule has 1 heterocycles. The molecule has 1 aromatic heterocycles. The van der Waals surface area contributed by atoms with Gasteiger partial charge in [0.1, 0.15) is 11.2 Å². The minimum Gasteiger partial charge on any atom is -0.336 e. The summed E-state index contributed by atoms with van der Waals surface area (Å²) < 4.78 is 2.98. The van der Waals surface area contributed by atoms with Crippen molar-refractivity contribution in [2.45, 2.75) is 5.38 Å². The van der Waals surface area contributed by atoms with E-state index in [1.807, 2.05) is 42.1 Å². The lowest BCUT2D eigenvalue weighted by atomic mass is 10.1. The van der Waals surface area contributed by atoms with Crippen LogP contribution in [0.25, 0.3) is 0 Å². The molecule has 0 saturated heterocycles. The molecule has 0 aliphatic carbocycles. The van der Waals surface area contributed by atoms with Gasteiger partial charge in [-0.05, 0) is 17.7 Å². The fourth-order valence-electron chi connectivity index (χ4n) is 1.40. The van der Waals surface area contributed by atoms with E-state index < -0.39 is 0 Å². The molecule has 0 aliphatic rings. The zero-order valence-electron chi connectivity index (χ0n) is 8.19. The lowest BCUT2D eigenvalue weighted by Crippen LogP contribution is -2.01. The molecule has 4 heteroatoms. The average Bonchev–Trinajstić information content (AvgIpc) is 2.65. The molecule has 1 aromatic carbocycles. The summed E-state index contributed by atoms with van der Waals surface area (Å²) in [5.41, 5.74) is 1.05. The normalized spacial score (nSPS) is 12.7. The zero-order valence-corrected chi connectivity index (χ0v) is 10.5. The molecule has 0 N–H and O–H groups in total. The smallest absolute Gasteiger partial charge is 0.131 e. The number of aromatic nitrogens is 2. The van der Waals surface area contributed by atoms with Crippen LogP contribution in [0, 0.1) is 0 Å². The number of imidazole rings is 1. The Balaban J connectivity index is 2.32. The first kappa shape index (κ1) is 10.7. The van der Waals surface area contributed by atoms with Crippen LogP contribution in [0.15, 0.2) is 41.1 Å². The van der Waals surface area contributed by atoms with Gasteiger partial charge in [-0.2, -0.15) is 0 Å². The lowest BCUT2D eigenvalue weighted by molar-refractivity contribution is 0.809. The Morgan fingerprint density at radius 2 is 2.00 bits per heavy atom. The van der Waals surface area contributed by atoms with Gasteiger partial charge < -0.3 is 4.57 Å². The van der Waals surface area contributed by atoms with Gasteiger partial charge >= 0.3 is 0 Å². The molecule has 1 atom stereocenters. The Morgan fingerprint density at radius 3 is 2.53 bits per heavy atom. The predicted octanol–water partition coefficient (Wildman–Crippen LogP) is 3.51. The molecule has 0 unspecified atom stereocenters. The number of rotatable bonds is 2.